The van der Waals surface area contributed by atoms with Crippen LogP contribution < -0.4 is 0 Å². The van der Waals surface area contributed by atoms with E-state index >= 15 is 0 Å². The highest BCUT2D eigenvalue weighted by molar-refractivity contribution is 9.09. The molecule has 0 fully saturated rings. The molecule has 0 saturated heterocycles. The smallest absolute Gasteiger partial charge is 0.209 e. The van der Waals surface area contributed by atoms with Crippen LogP contribution in [0.3, 0.4) is 0 Å². The van der Waals surface area contributed by atoms with Gasteiger partial charge < -0.3 is 0 Å². The van der Waals surface area contributed by atoms with E-state index < -0.39 is 11.3 Å². The molecule has 0 N–H and O–H groups in total. The van der Waals surface area contributed by atoms with Crippen molar-refractivity contribution in [2.24, 2.45) is 0 Å². The second kappa shape index (κ2) is 5.59. The van der Waals surface area contributed by atoms with E-state index in [0.717, 1.165) is 12.8 Å². The third-order valence-corrected chi connectivity index (χ3v) is 3.46. The first kappa shape index (κ1) is 12.6. The molecule has 0 aliphatic carbocycles. The summed E-state index contributed by atoms with van der Waals surface area (Å²) in [6, 6.07) is 5.61. The Morgan fingerprint density at radius 2 is 1.73 bits per heavy atom. The van der Waals surface area contributed by atoms with Gasteiger partial charge in [-0.05, 0) is 29.5 Å². The SMILES string of the molecule is CCc1ccc(C(Br)C(F)F)cc1CC. The predicted molar refractivity (Wildman–Crippen MR) is 62.9 cm³/mol. The number of benzene rings is 1. The molecule has 1 unspecified atom stereocenters. The van der Waals surface area contributed by atoms with Crippen LogP contribution in [-0.2, 0) is 12.8 Å². The molecule has 84 valence electrons. The largest absolute Gasteiger partial charge is 0.255 e. The molecular formula is C12H15BrF2. The highest BCUT2D eigenvalue weighted by Gasteiger charge is 2.19. The van der Waals surface area contributed by atoms with Crippen LogP contribution in [0.2, 0.25) is 0 Å². The van der Waals surface area contributed by atoms with Crippen molar-refractivity contribution >= 4 is 15.9 Å². The molecule has 1 aromatic carbocycles. The Balaban J connectivity index is 3.02. The minimum absolute atomic E-state index is 0.666. The normalized spacial score (nSPS) is 13.2. The zero-order chi connectivity index (χ0) is 11.4. The van der Waals surface area contributed by atoms with E-state index in [1.54, 1.807) is 6.07 Å². The van der Waals surface area contributed by atoms with E-state index in [0.29, 0.717) is 5.56 Å². The van der Waals surface area contributed by atoms with Crippen molar-refractivity contribution in [1.29, 1.82) is 0 Å². The van der Waals surface area contributed by atoms with Crippen LogP contribution in [0.1, 0.15) is 35.4 Å². The maximum absolute atomic E-state index is 12.5. The average molecular weight is 277 g/mol. The summed E-state index contributed by atoms with van der Waals surface area (Å²) in [6.07, 6.45) is -0.521. The summed E-state index contributed by atoms with van der Waals surface area (Å²) < 4.78 is 25.0. The zero-order valence-corrected chi connectivity index (χ0v) is 10.5. The van der Waals surface area contributed by atoms with Crippen LogP contribution in [0.15, 0.2) is 18.2 Å². The summed E-state index contributed by atoms with van der Waals surface area (Å²) in [6.45, 7) is 4.12. The Morgan fingerprint density at radius 1 is 1.13 bits per heavy atom. The van der Waals surface area contributed by atoms with Gasteiger partial charge in [0, 0.05) is 0 Å². The van der Waals surface area contributed by atoms with E-state index in [-0.39, 0.29) is 0 Å². The number of hydrogen-bond acceptors (Lipinski definition) is 0. The fourth-order valence-electron chi connectivity index (χ4n) is 1.64. The molecular weight excluding hydrogens is 262 g/mol. The Kier molecular flexibility index (Phi) is 4.71. The molecule has 1 rings (SSSR count). The van der Waals surface area contributed by atoms with Crippen LogP contribution in [0, 0.1) is 0 Å². The van der Waals surface area contributed by atoms with Crippen LogP contribution >= 0.6 is 15.9 Å². The van der Waals surface area contributed by atoms with Gasteiger partial charge in [-0.25, -0.2) is 8.78 Å². The first-order valence-corrected chi connectivity index (χ1v) is 6.05. The molecule has 1 aromatic rings. The lowest BCUT2D eigenvalue weighted by atomic mass is 9.99. The van der Waals surface area contributed by atoms with Gasteiger partial charge in [0.25, 0.3) is 6.43 Å². The van der Waals surface area contributed by atoms with E-state index in [1.165, 1.54) is 11.1 Å². The number of alkyl halides is 3. The molecule has 0 heterocycles. The third-order valence-electron chi connectivity index (χ3n) is 2.53. The Labute approximate surface area is 97.8 Å². The van der Waals surface area contributed by atoms with Gasteiger partial charge in [-0.3, -0.25) is 0 Å². The summed E-state index contributed by atoms with van der Waals surface area (Å²) in [4.78, 5) is -0.853. The molecule has 0 spiro atoms. The topological polar surface area (TPSA) is 0 Å². The summed E-state index contributed by atoms with van der Waals surface area (Å²) in [5.74, 6) is 0. The van der Waals surface area contributed by atoms with Crippen molar-refractivity contribution in [3.8, 4) is 0 Å². The van der Waals surface area contributed by atoms with Crippen molar-refractivity contribution in [2.75, 3.05) is 0 Å². The van der Waals surface area contributed by atoms with E-state index in [1.807, 2.05) is 19.1 Å². The van der Waals surface area contributed by atoms with Gasteiger partial charge in [-0.1, -0.05) is 48.0 Å². The Bertz CT molecular complexity index is 323. The molecule has 0 aromatic heterocycles. The summed E-state index contributed by atoms with van der Waals surface area (Å²) in [5.41, 5.74) is 3.08. The fourth-order valence-corrected chi connectivity index (χ4v) is 1.92. The molecule has 0 aliphatic heterocycles. The Morgan fingerprint density at radius 3 is 2.20 bits per heavy atom. The van der Waals surface area contributed by atoms with Gasteiger partial charge in [-0.2, -0.15) is 0 Å². The van der Waals surface area contributed by atoms with Gasteiger partial charge in [0.15, 0.2) is 0 Å². The summed E-state index contributed by atoms with van der Waals surface area (Å²) in [5, 5.41) is 0. The number of rotatable bonds is 4. The second-order valence-corrected chi connectivity index (χ2v) is 4.46. The highest BCUT2D eigenvalue weighted by Crippen LogP contribution is 2.30. The van der Waals surface area contributed by atoms with Gasteiger partial charge in [0.2, 0.25) is 0 Å². The van der Waals surface area contributed by atoms with Crippen LogP contribution in [0.5, 0.6) is 0 Å². The minimum atomic E-state index is -2.36. The molecule has 0 aliphatic rings. The zero-order valence-electron chi connectivity index (χ0n) is 8.93. The third kappa shape index (κ3) is 3.00. The lowest BCUT2D eigenvalue weighted by Crippen LogP contribution is -2.03. The quantitative estimate of drug-likeness (QED) is 0.710. The lowest BCUT2D eigenvalue weighted by Gasteiger charge is -2.12. The molecule has 0 amide bonds. The van der Waals surface area contributed by atoms with Crippen molar-refractivity contribution in [3.05, 3.63) is 34.9 Å². The van der Waals surface area contributed by atoms with E-state index in [2.05, 4.69) is 22.9 Å². The van der Waals surface area contributed by atoms with Crippen molar-refractivity contribution in [2.45, 2.75) is 37.9 Å². The van der Waals surface area contributed by atoms with Crippen LogP contribution in [0.25, 0.3) is 0 Å². The molecule has 0 bridgehead atoms. The summed E-state index contributed by atoms with van der Waals surface area (Å²) >= 11 is 3.01. The van der Waals surface area contributed by atoms with Crippen molar-refractivity contribution in [1.82, 2.24) is 0 Å². The number of hydrogen-bond donors (Lipinski definition) is 0. The molecule has 15 heavy (non-hydrogen) atoms. The van der Waals surface area contributed by atoms with Gasteiger partial charge >= 0.3 is 0 Å². The monoisotopic (exact) mass is 276 g/mol. The fraction of sp³-hybridized carbons (Fsp3) is 0.500. The highest BCUT2D eigenvalue weighted by atomic mass is 79.9. The van der Waals surface area contributed by atoms with Crippen molar-refractivity contribution < 1.29 is 8.78 Å². The second-order valence-electron chi connectivity index (χ2n) is 3.47. The molecule has 0 radical (unpaired) electrons. The standard InChI is InChI=1S/C12H15BrF2/c1-3-8-5-6-10(7-9(8)4-2)11(13)12(14)15/h5-7,11-12H,3-4H2,1-2H3. The summed E-state index contributed by atoms with van der Waals surface area (Å²) in [7, 11) is 0. The van der Waals surface area contributed by atoms with Gasteiger partial charge in [0.05, 0.1) is 0 Å². The van der Waals surface area contributed by atoms with Crippen LogP contribution in [0.4, 0.5) is 8.78 Å². The van der Waals surface area contributed by atoms with Crippen molar-refractivity contribution in [3.63, 3.8) is 0 Å². The predicted octanol–water partition coefficient (Wildman–Crippen LogP) is 4.51. The maximum Gasteiger partial charge on any atom is 0.255 e. The van der Waals surface area contributed by atoms with Gasteiger partial charge in [-0.15, -0.1) is 0 Å². The van der Waals surface area contributed by atoms with E-state index in [9.17, 15) is 8.78 Å². The average Bonchev–Trinajstić information content (AvgIpc) is 2.26. The molecule has 1 atom stereocenters. The molecule has 0 nitrogen and oxygen atoms in total. The maximum atomic E-state index is 12.5. The first-order valence-electron chi connectivity index (χ1n) is 5.14. The Hall–Kier alpha value is -0.440. The minimum Gasteiger partial charge on any atom is -0.209 e. The van der Waals surface area contributed by atoms with Gasteiger partial charge in [0.1, 0.15) is 4.83 Å². The lowest BCUT2D eigenvalue weighted by molar-refractivity contribution is 0.147. The van der Waals surface area contributed by atoms with Crippen LogP contribution in [-0.4, -0.2) is 6.43 Å². The van der Waals surface area contributed by atoms with E-state index in [4.69, 9.17) is 0 Å². The first-order chi connectivity index (χ1) is 7.10. The molecule has 3 heteroatoms. The molecule has 0 saturated carbocycles. The number of aryl methyl sites for hydroxylation is 2. The number of halogens is 3.